The summed E-state index contributed by atoms with van der Waals surface area (Å²) in [7, 11) is 7.99. The zero-order chi connectivity index (χ0) is 17.4. The molecule has 128 valence electrons. The molecule has 0 aliphatic rings. The fourth-order valence-electron chi connectivity index (χ4n) is 1.71. The second-order valence-electron chi connectivity index (χ2n) is 3.94. The highest BCUT2D eigenvalue weighted by Gasteiger charge is 2.12. The summed E-state index contributed by atoms with van der Waals surface area (Å²) >= 11 is 1.64. The molecule has 0 aromatic heterocycles. The van der Waals surface area contributed by atoms with E-state index >= 15 is 0 Å². The van der Waals surface area contributed by atoms with Gasteiger partial charge in [-0.1, -0.05) is 24.3 Å². The first kappa shape index (κ1) is 20.4. The molecule has 0 fully saturated rings. The standard InChI is InChI=1S/C14H12O4S6/c1-17-19-13(15)23-21-11-7-8-12(22-24-14(16)20-18-2)10-6-4-3-5-9(10)11/h3-8H,1-2H3. The molecule has 0 atom stereocenters. The lowest BCUT2D eigenvalue weighted by atomic mass is 10.1. The van der Waals surface area contributed by atoms with Crippen molar-refractivity contribution in [1.82, 2.24) is 0 Å². The van der Waals surface area contributed by atoms with Crippen LogP contribution in [0.25, 0.3) is 10.8 Å². The van der Waals surface area contributed by atoms with Gasteiger partial charge in [-0.05, 0) is 44.5 Å². The van der Waals surface area contributed by atoms with E-state index in [1.54, 1.807) is 0 Å². The average Bonchev–Trinajstić information content (AvgIpc) is 2.59. The lowest BCUT2D eigenvalue weighted by Crippen LogP contribution is -1.83. The fraction of sp³-hybridized carbons (Fsp3) is 0.143. The zero-order valence-corrected chi connectivity index (χ0v) is 17.4. The molecule has 0 spiro atoms. The number of fused-ring (bicyclic) bond motifs is 1. The Balaban J connectivity index is 2.16. The van der Waals surface area contributed by atoms with Gasteiger partial charge >= 0.3 is 0 Å². The van der Waals surface area contributed by atoms with Crippen LogP contribution in [0.4, 0.5) is 9.59 Å². The van der Waals surface area contributed by atoms with Crippen LogP contribution in [-0.2, 0) is 8.37 Å². The SMILES string of the molecule is COSC(=O)SSc1ccc(SSC(=O)SOC)c2ccccc12. The predicted octanol–water partition coefficient (Wildman–Crippen LogP) is 7.15. The number of benzene rings is 2. The Hall–Kier alpha value is 0.0600. The van der Waals surface area contributed by atoms with E-state index < -0.39 is 0 Å². The highest BCUT2D eigenvalue weighted by molar-refractivity contribution is 8.86. The second kappa shape index (κ2) is 10.9. The van der Waals surface area contributed by atoms with Crippen LogP contribution in [0.15, 0.2) is 46.2 Å². The number of hydrogen-bond acceptors (Lipinski definition) is 10. The van der Waals surface area contributed by atoms with Crippen molar-refractivity contribution in [3.8, 4) is 0 Å². The molecule has 0 aliphatic heterocycles. The maximum Gasteiger partial charge on any atom is 0.283 e. The van der Waals surface area contributed by atoms with Crippen LogP contribution < -0.4 is 0 Å². The molecule has 0 heterocycles. The third-order valence-electron chi connectivity index (χ3n) is 2.55. The Morgan fingerprint density at radius 2 is 1.17 bits per heavy atom. The number of carbonyl (C=O) groups excluding carboxylic acids is 2. The van der Waals surface area contributed by atoms with E-state index in [-0.39, 0.29) is 8.89 Å². The highest BCUT2D eigenvalue weighted by Crippen LogP contribution is 2.44. The van der Waals surface area contributed by atoms with Crippen molar-refractivity contribution in [2.45, 2.75) is 9.79 Å². The van der Waals surface area contributed by atoms with Gasteiger partial charge in [0.1, 0.15) is 0 Å². The number of hydrogen-bond donors (Lipinski definition) is 0. The minimum atomic E-state index is -0.109. The lowest BCUT2D eigenvalue weighted by molar-refractivity contribution is 0.274. The van der Waals surface area contributed by atoms with Gasteiger partial charge in [0, 0.05) is 31.4 Å². The van der Waals surface area contributed by atoms with Crippen molar-refractivity contribution < 1.29 is 18.0 Å². The van der Waals surface area contributed by atoms with Crippen molar-refractivity contribution in [3.05, 3.63) is 36.4 Å². The first-order valence-electron chi connectivity index (χ1n) is 6.35. The van der Waals surface area contributed by atoms with Gasteiger partial charge in [0.2, 0.25) is 0 Å². The van der Waals surface area contributed by atoms with Crippen LogP contribution in [0.2, 0.25) is 0 Å². The largest absolute Gasteiger partial charge is 0.311 e. The predicted molar refractivity (Wildman–Crippen MR) is 111 cm³/mol. The monoisotopic (exact) mass is 436 g/mol. The quantitative estimate of drug-likeness (QED) is 0.344. The van der Waals surface area contributed by atoms with E-state index in [0.29, 0.717) is 0 Å². The summed E-state index contributed by atoms with van der Waals surface area (Å²) in [5.41, 5.74) is 0. The first-order chi connectivity index (χ1) is 11.7. The third kappa shape index (κ3) is 6.10. The van der Waals surface area contributed by atoms with Gasteiger partial charge in [-0.15, -0.1) is 0 Å². The maximum atomic E-state index is 11.6. The van der Waals surface area contributed by atoms with Gasteiger partial charge in [0.25, 0.3) is 8.89 Å². The van der Waals surface area contributed by atoms with Crippen LogP contribution in [0.1, 0.15) is 0 Å². The molecule has 0 saturated carbocycles. The summed E-state index contributed by atoms with van der Waals surface area (Å²) in [4.78, 5) is 25.1. The Morgan fingerprint density at radius 1 is 0.750 bits per heavy atom. The molecule has 24 heavy (non-hydrogen) atoms. The minimum Gasteiger partial charge on any atom is -0.311 e. The molecular weight excluding hydrogens is 425 g/mol. The average molecular weight is 437 g/mol. The van der Waals surface area contributed by atoms with Crippen molar-refractivity contribution in [2.75, 3.05) is 14.2 Å². The smallest absolute Gasteiger partial charge is 0.283 e. The summed E-state index contributed by atoms with van der Waals surface area (Å²) in [6.07, 6.45) is 0. The Morgan fingerprint density at radius 3 is 1.54 bits per heavy atom. The topological polar surface area (TPSA) is 52.6 Å². The summed E-state index contributed by atoms with van der Waals surface area (Å²) < 4.78 is 9.29. The van der Waals surface area contributed by atoms with Gasteiger partial charge in [-0.2, -0.15) is 0 Å². The molecule has 2 rings (SSSR count). The summed E-state index contributed by atoms with van der Waals surface area (Å²) in [6.45, 7) is 0. The molecule has 0 unspecified atom stereocenters. The van der Waals surface area contributed by atoms with Crippen LogP contribution in [0.5, 0.6) is 0 Å². The second-order valence-corrected chi connectivity index (χ2v) is 10.5. The normalized spacial score (nSPS) is 10.9. The van der Waals surface area contributed by atoms with Crippen LogP contribution >= 0.6 is 67.3 Å². The molecule has 0 amide bonds. The van der Waals surface area contributed by atoms with E-state index in [0.717, 1.165) is 66.2 Å². The van der Waals surface area contributed by atoms with Gasteiger partial charge in [0.05, 0.1) is 38.3 Å². The maximum absolute atomic E-state index is 11.6. The molecule has 0 aliphatic carbocycles. The Labute approximate surface area is 164 Å². The Bertz CT molecular complexity index is 663. The van der Waals surface area contributed by atoms with Crippen LogP contribution in [0, 0.1) is 0 Å². The number of rotatable bonds is 6. The molecule has 10 heteroatoms. The van der Waals surface area contributed by atoms with Crippen molar-refractivity contribution in [1.29, 1.82) is 0 Å². The summed E-state index contributed by atoms with van der Waals surface area (Å²) in [5, 5.41) is 2.09. The van der Waals surface area contributed by atoms with Gasteiger partial charge < -0.3 is 8.37 Å². The third-order valence-corrected chi connectivity index (χ3v) is 8.69. The highest BCUT2D eigenvalue weighted by atomic mass is 33.1. The van der Waals surface area contributed by atoms with E-state index in [1.165, 1.54) is 35.8 Å². The molecular formula is C14H12O4S6. The molecule has 0 saturated heterocycles. The van der Waals surface area contributed by atoms with E-state index in [9.17, 15) is 9.59 Å². The van der Waals surface area contributed by atoms with Crippen LogP contribution in [-0.4, -0.2) is 23.1 Å². The lowest BCUT2D eigenvalue weighted by Gasteiger charge is -2.09. The van der Waals surface area contributed by atoms with Crippen molar-refractivity contribution in [3.63, 3.8) is 0 Å². The molecule has 4 nitrogen and oxygen atoms in total. The van der Waals surface area contributed by atoms with Crippen molar-refractivity contribution in [2.24, 2.45) is 0 Å². The fourth-order valence-corrected chi connectivity index (χ4v) is 6.64. The number of carbonyl (C=O) groups is 2. The van der Waals surface area contributed by atoms with Gasteiger partial charge in [-0.3, -0.25) is 9.59 Å². The van der Waals surface area contributed by atoms with Crippen LogP contribution in [0.3, 0.4) is 0 Å². The summed E-state index contributed by atoms with van der Waals surface area (Å²) in [5.74, 6) is 0. The molecule has 2 aromatic rings. The zero-order valence-electron chi connectivity index (χ0n) is 12.5. The first-order valence-corrected chi connectivity index (χ1v) is 12.1. The van der Waals surface area contributed by atoms with E-state index in [4.69, 9.17) is 8.37 Å². The van der Waals surface area contributed by atoms with Gasteiger partial charge in [0.15, 0.2) is 0 Å². The van der Waals surface area contributed by atoms with E-state index in [1.807, 2.05) is 36.4 Å². The van der Waals surface area contributed by atoms with Crippen molar-refractivity contribution >= 4 is 86.9 Å². The van der Waals surface area contributed by atoms with E-state index in [2.05, 4.69) is 0 Å². The summed E-state index contributed by atoms with van der Waals surface area (Å²) in [6, 6.07) is 11.8. The molecule has 2 aromatic carbocycles. The Kier molecular flexibility index (Phi) is 9.27. The van der Waals surface area contributed by atoms with Gasteiger partial charge in [-0.25, -0.2) is 0 Å². The molecule has 0 bridgehead atoms. The molecule has 0 radical (unpaired) electrons. The molecule has 0 N–H and O–H groups in total. The minimum absolute atomic E-state index is 0.109.